The highest BCUT2D eigenvalue weighted by molar-refractivity contribution is 5.67. The average molecular weight is 359 g/mol. The molecule has 0 heterocycles. The van der Waals surface area contributed by atoms with Crippen molar-refractivity contribution in [1.82, 2.24) is 0 Å². The van der Waals surface area contributed by atoms with E-state index in [-0.39, 0.29) is 0 Å². The maximum atomic E-state index is 5.61. The van der Waals surface area contributed by atoms with Crippen LogP contribution in [0.25, 0.3) is 5.57 Å². The van der Waals surface area contributed by atoms with Gasteiger partial charge in [0.25, 0.3) is 0 Å². The van der Waals surface area contributed by atoms with Gasteiger partial charge in [0.1, 0.15) is 5.75 Å². The summed E-state index contributed by atoms with van der Waals surface area (Å²) >= 11 is 0. The molecule has 2 aromatic carbocycles. The van der Waals surface area contributed by atoms with E-state index in [1.807, 2.05) is 24.3 Å². The summed E-state index contributed by atoms with van der Waals surface area (Å²) < 4.78 is 5.61. The lowest BCUT2D eigenvalue weighted by atomic mass is 9.84. The van der Waals surface area contributed by atoms with E-state index < -0.39 is 0 Å². The van der Waals surface area contributed by atoms with Crippen LogP contribution in [0.15, 0.2) is 54.6 Å². The lowest BCUT2D eigenvalue weighted by molar-refractivity contribution is 0.317. The standard InChI is InChI=1S/C26H30O/c1-3-5-21-8-14-24(15-9-21)25-16-10-22(11-17-25)6-7-23-12-18-26(19-13-23)27-20-4-2/h10-14,16-19,21H,3-5,8-9,15,20H2,1-2H3. The van der Waals surface area contributed by atoms with Crippen molar-refractivity contribution in [3.8, 4) is 17.6 Å². The van der Waals surface area contributed by atoms with E-state index in [4.69, 9.17) is 4.74 Å². The highest BCUT2D eigenvalue weighted by atomic mass is 16.5. The van der Waals surface area contributed by atoms with Gasteiger partial charge in [-0.1, -0.05) is 56.7 Å². The van der Waals surface area contributed by atoms with Gasteiger partial charge >= 0.3 is 0 Å². The largest absolute Gasteiger partial charge is 0.494 e. The van der Waals surface area contributed by atoms with Gasteiger partial charge in [-0.3, -0.25) is 0 Å². The number of hydrogen-bond donors (Lipinski definition) is 0. The van der Waals surface area contributed by atoms with Crippen molar-refractivity contribution >= 4 is 5.57 Å². The predicted molar refractivity (Wildman–Crippen MR) is 115 cm³/mol. The number of ether oxygens (including phenoxy) is 1. The topological polar surface area (TPSA) is 9.23 Å². The molecule has 0 amide bonds. The van der Waals surface area contributed by atoms with Crippen molar-refractivity contribution in [3.05, 3.63) is 71.3 Å². The molecular weight excluding hydrogens is 328 g/mol. The molecule has 140 valence electrons. The van der Waals surface area contributed by atoms with Gasteiger partial charge in [-0.2, -0.15) is 0 Å². The quantitative estimate of drug-likeness (QED) is 0.513. The smallest absolute Gasteiger partial charge is 0.119 e. The Morgan fingerprint density at radius 3 is 2.11 bits per heavy atom. The van der Waals surface area contributed by atoms with E-state index >= 15 is 0 Å². The number of allylic oxidation sites excluding steroid dienone is 2. The molecule has 1 nitrogen and oxygen atoms in total. The molecule has 27 heavy (non-hydrogen) atoms. The Morgan fingerprint density at radius 1 is 0.889 bits per heavy atom. The first-order chi connectivity index (χ1) is 13.3. The molecule has 0 radical (unpaired) electrons. The first-order valence-electron chi connectivity index (χ1n) is 10.3. The Hall–Kier alpha value is -2.46. The number of rotatable bonds is 6. The van der Waals surface area contributed by atoms with Crippen LogP contribution in [-0.4, -0.2) is 6.61 Å². The van der Waals surface area contributed by atoms with Gasteiger partial charge in [-0.25, -0.2) is 0 Å². The van der Waals surface area contributed by atoms with Crippen LogP contribution in [0.3, 0.4) is 0 Å². The maximum absolute atomic E-state index is 5.61. The second-order valence-corrected chi connectivity index (χ2v) is 7.36. The fraction of sp³-hybridized carbons (Fsp3) is 0.385. The zero-order valence-corrected chi connectivity index (χ0v) is 16.6. The summed E-state index contributed by atoms with van der Waals surface area (Å²) in [6.07, 6.45) is 9.92. The summed E-state index contributed by atoms with van der Waals surface area (Å²) in [6.45, 7) is 5.15. The van der Waals surface area contributed by atoms with Crippen molar-refractivity contribution in [1.29, 1.82) is 0 Å². The SMILES string of the molecule is CCCOc1ccc(C#Cc2ccc(C3=CCC(CCC)CC3)cc2)cc1. The van der Waals surface area contributed by atoms with Crippen molar-refractivity contribution in [2.75, 3.05) is 6.61 Å². The minimum Gasteiger partial charge on any atom is -0.494 e. The summed E-state index contributed by atoms with van der Waals surface area (Å²) in [7, 11) is 0. The minimum atomic E-state index is 0.757. The van der Waals surface area contributed by atoms with Gasteiger partial charge < -0.3 is 4.74 Å². The monoisotopic (exact) mass is 358 g/mol. The lowest BCUT2D eigenvalue weighted by Crippen LogP contribution is -2.04. The van der Waals surface area contributed by atoms with Crippen molar-refractivity contribution in [2.45, 2.75) is 52.4 Å². The van der Waals surface area contributed by atoms with Crippen LogP contribution in [0.5, 0.6) is 5.75 Å². The van der Waals surface area contributed by atoms with Gasteiger partial charge in [0, 0.05) is 11.1 Å². The van der Waals surface area contributed by atoms with Crippen LogP contribution >= 0.6 is 0 Å². The zero-order chi connectivity index (χ0) is 18.9. The molecule has 2 aromatic rings. The van der Waals surface area contributed by atoms with Gasteiger partial charge in [-0.05, 0) is 79.1 Å². The average Bonchev–Trinajstić information content (AvgIpc) is 2.73. The summed E-state index contributed by atoms with van der Waals surface area (Å²) in [5, 5.41) is 0. The molecule has 0 saturated heterocycles. The third-order valence-corrected chi connectivity index (χ3v) is 5.15. The second kappa shape index (κ2) is 10.0. The molecule has 0 spiro atoms. The van der Waals surface area contributed by atoms with E-state index in [1.165, 1.54) is 43.2 Å². The number of hydrogen-bond acceptors (Lipinski definition) is 1. The van der Waals surface area contributed by atoms with E-state index in [9.17, 15) is 0 Å². The van der Waals surface area contributed by atoms with Gasteiger partial charge in [-0.15, -0.1) is 0 Å². The maximum Gasteiger partial charge on any atom is 0.119 e. The minimum absolute atomic E-state index is 0.757. The third-order valence-electron chi connectivity index (χ3n) is 5.15. The molecule has 1 heteroatoms. The molecular formula is C26H30O. The summed E-state index contributed by atoms with van der Waals surface area (Å²) in [4.78, 5) is 0. The van der Waals surface area contributed by atoms with Crippen molar-refractivity contribution < 1.29 is 4.74 Å². The summed E-state index contributed by atoms with van der Waals surface area (Å²) in [5.41, 5.74) is 4.93. The summed E-state index contributed by atoms with van der Waals surface area (Å²) in [6, 6.07) is 16.7. The van der Waals surface area contributed by atoms with E-state index in [1.54, 1.807) is 0 Å². The van der Waals surface area contributed by atoms with Crippen LogP contribution in [-0.2, 0) is 0 Å². The van der Waals surface area contributed by atoms with Gasteiger partial charge in [0.2, 0.25) is 0 Å². The fourth-order valence-electron chi connectivity index (χ4n) is 3.59. The zero-order valence-electron chi connectivity index (χ0n) is 16.6. The normalized spacial score (nSPS) is 16.2. The Labute approximate surface area is 164 Å². The van der Waals surface area contributed by atoms with Gasteiger partial charge in [0.15, 0.2) is 0 Å². The second-order valence-electron chi connectivity index (χ2n) is 7.36. The van der Waals surface area contributed by atoms with Crippen LogP contribution in [0, 0.1) is 17.8 Å². The van der Waals surface area contributed by atoms with E-state index in [0.717, 1.165) is 35.8 Å². The number of benzene rings is 2. The van der Waals surface area contributed by atoms with Crippen molar-refractivity contribution in [2.24, 2.45) is 5.92 Å². The molecule has 0 saturated carbocycles. The first-order valence-corrected chi connectivity index (χ1v) is 10.3. The molecule has 0 fully saturated rings. The highest BCUT2D eigenvalue weighted by Gasteiger charge is 2.14. The molecule has 1 aliphatic rings. The van der Waals surface area contributed by atoms with E-state index in [0.29, 0.717) is 0 Å². The van der Waals surface area contributed by atoms with Crippen LogP contribution in [0.4, 0.5) is 0 Å². The molecule has 1 unspecified atom stereocenters. The van der Waals surface area contributed by atoms with E-state index in [2.05, 4.69) is 56.0 Å². The Bertz CT molecular complexity index is 800. The first kappa shape index (κ1) is 19.3. The molecule has 0 N–H and O–H groups in total. The summed E-state index contributed by atoms with van der Waals surface area (Å²) in [5.74, 6) is 8.31. The lowest BCUT2D eigenvalue weighted by Gasteiger charge is -2.21. The Morgan fingerprint density at radius 2 is 1.56 bits per heavy atom. The molecule has 1 aliphatic carbocycles. The molecule has 0 aliphatic heterocycles. The van der Waals surface area contributed by atoms with Crippen LogP contribution in [0.2, 0.25) is 0 Å². The molecule has 3 rings (SSSR count). The van der Waals surface area contributed by atoms with Gasteiger partial charge in [0.05, 0.1) is 6.61 Å². The Kier molecular flexibility index (Phi) is 7.17. The van der Waals surface area contributed by atoms with Crippen LogP contribution < -0.4 is 4.74 Å². The fourth-order valence-corrected chi connectivity index (χ4v) is 3.59. The Balaban J connectivity index is 1.61. The predicted octanol–water partition coefficient (Wildman–Crippen LogP) is 6.86. The highest BCUT2D eigenvalue weighted by Crippen LogP contribution is 2.32. The molecule has 0 bridgehead atoms. The molecule has 1 atom stereocenters. The molecule has 0 aromatic heterocycles. The van der Waals surface area contributed by atoms with Crippen molar-refractivity contribution in [3.63, 3.8) is 0 Å². The van der Waals surface area contributed by atoms with Crippen LogP contribution in [0.1, 0.15) is 69.1 Å². The third kappa shape index (κ3) is 5.76.